The second kappa shape index (κ2) is 9.88. The number of pyridine rings is 1. The third kappa shape index (κ3) is 5.58. The summed E-state index contributed by atoms with van der Waals surface area (Å²) in [6.45, 7) is 6.44. The van der Waals surface area contributed by atoms with Crippen molar-refractivity contribution in [3.8, 4) is 0 Å². The van der Waals surface area contributed by atoms with Crippen LogP contribution in [0, 0.1) is 6.92 Å². The van der Waals surface area contributed by atoms with Gasteiger partial charge >= 0.3 is 0 Å². The van der Waals surface area contributed by atoms with Crippen LogP contribution < -0.4 is 5.32 Å². The summed E-state index contributed by atoms with van der Waals surface area (Å²) in [6, 6.07) is 16.7. The number of aromatic nitrogens is 3. The Morgan fingerprint density at radius 1 is 1.13 bits per heavy atom. The van der Waals surface area contributed by atoms with Gasteiger partial charge in [-0.2, -0.15) is 5.10 Å². The lowest BCUT2D eigenvalue weighted by atomic mass is 10.0. The third-order valence-electron chi connectivity index (χ3n) is 6.09. The quantitative estimate of drug-likeness (QED) is 0.630. The normalized spacial score (nSPS) is 16.2. The number of benzene rings is 1. The van der Waals surface area contributed by atoms with Crippen molar-refractivity contribution in [3.63, 3.8) is 0 Å². The molecule has 6 heteroatoms. The molecule has 6 nitrogen and oxygen atoms in total. The number of hydrogen-bond donors (Lipinski definition) is 1. The van der Waals surface area contributed by atoms with Gasteiger partial charge in [0, 0.05) is 43.5 Å². The molecule has 1 aliphatic heterocycles. The van der Waals surface area contributed by atoms with E-state index in [2.05, 4.69) is 40.2 Å². The van der Waals surface area contributed by atoms with Gasteiger partial charge in [-0.15, -0.1) is 0 Å². The Morgan fingerprint density at radius 3 is 2.65 bits per heavy atom. The number of aryl methyl sites for hydroxylation is 1. The minimum atomic E-state index is -0.00957. The summed E-state index contributed by atoms with van der Waals surface area (Å²) >= 11 is 0. The fraction of sp³-hybridized carbons (Fsp3) is 0.400. The lowest BCUT2D eigenvalue weighted by Crippen LogP contribution is -2.41. The van der Waals surface area contributed by atoms with Crippen molar-refractivity contribution >= 4 is 11.7 Å². The SMILES string of the molecule is Cc1ccnc(C[C@H](C)N2CCC(n3nccc3NC(=O)Cc3ccccc3)CC2)c1. The largest absolute Gasteiger partial charge is 0.311 e. The zero-order chi connectivity index (χ0) is 21.6. The predicted molar refractivity (Wildman–Crippen MR) is 123 cm³/mol. The molecule has 1 aliphatic rings. The molecule has 0 spiro atoms. The number of carbonyl (C=O) groups is 1. The number of amides is 1. The van der Waals surface area contributed by atoms with Crippen LogP contribution in [0.2, 0.25) is 0 Å². The van der Waals surface area contributed by atoms with E-state index in [1.807, 2.05) is 53.3 Å². The molecule has 1 fully saturated rings. The summed E-state index contributed by atoms with van der Waals surface area (Å²) in [5, 5.41) is 7.57. The van der Waals surface area contributed by atoms with Crippen molar-refractivity contribution in [2.45, 2.75) is 51.6 Å². The van der Waals surface area contributed by atoms with Gasteiger partial charge in [0.1, 0.15) is 5.82 Å². The molecule has 162 valence electrons. The number of rotatable bonds is 7. The average molecular weight is 418 g/mol. The first kappa shape index (κ1) is 21.2. The highest BCUT2D eigenvalue weighted by Gasteiger charge is 2.26. The Bertz CT molecular complexity index is 992. The van der Waals surface area contributed by atoms with E-state index in [9.17, 15) is 4.79 Å². The summed E-state index contributed by atoms with van der Waals surface area (Å²) in [4.78, 5) is 19.5. The van der Waals surface area contributed by atoms with Crippen LogP contribution in [0.15, 0.2) is 60.9 Å². The Morgan fingerprint density at radius 2 is 1.90 bits per heavy atom. The van der Waals surface area contributed by atoms with Gasteiger partial charge in [-0.1, -0.05) is 30.3 Å². The number of nitrogens with zero attached hydrogens (tertiary/aromatic N) is 4. The first-order valence-corrected chi connectivity index (χ1v) is 11.1. The molecule has 0 saturated carbocycles. The van der Waals surface area contributed by atoms with Gasteiger partial charge in [0.15, 0.2) is 0 Å². The monoisotopic (exact) mass is 417 g/mol. The molecule has 1 amide bonds. The van der Waals surface area contributed by atoms with Crippen LogP contribution in [0.3, 0.4) is 0 Å². The van der Waals surface area contributed by atoms with E-state index in [1.54, 1.807) is 6.20 Å². The van der Waals surface area contributed by atoms with E-state index in [-0.39, 0.29) is 5.91 Å². The predicted octanol–water partition coefficient (Wildman–Crippen LogP) is 4.04. The van der Waals surface area contributed by atoms with Crippen molar-refractivity contribution in [1.82, 2.24) is 19.7 Å². The van der Waals surface area contributed by atoms with E-state index < -0.39 is 0 Å². The fourth-order valence-corrected chi connectivity index (χ4v) is 4.39. The summed E-state index contributed by atoms with van der Waals surface area (Å²) < 4.78 is 1.99. The van der Waals surface area contributed by atoms with E-state index in [1.165, 1.54) is 5.56 Å². The molecule has 1 atom stereocenters. The molecular weight excluding hydrogens is 386 g/mol. The molecule has 1 aromatic carbocycles. The standard InChI is InChI=1S/C25H31N5O/c1-19-8-12-26-22(16-19)17-20(2)29-14-10-23(11-15-29)30-24(9-13-27-30)28-25(31)18-21-6-4-3-5-7-21/h3-9,12-13,16,20,23H,10-11,14-15,17-18H2,1-2H3,(H,28,31)/t20-/m0/s1. The number of likely N-dealkylation sites (tertiary alicyclic amines) is 1. The highest BCUT2D eigenvalue weighted by molar-refractivity contribution is 5.91. The Balaban J connectivity index is 1.31. The van der Waals surface area contributed by atoms with Crippen molar-refractivity contribution < 1.29 is 4.79 Å². The van der Waals surface area contributed by atoms with Crippen molar-refractivity contribution in [1.29, 1.82) is 0 Å². The van der Waals surface area contributed by atoms with Gasteiger partial charge in [0.2, 0.25) is 5.91 Å². The van der Waals surface area contributed by atoms with Crippen LogP contribution in [0.4, 0.5) is 5.82 Å². The van der Waals surface area contributed by atoms with Crippen LogP contribution in [-0.2, 0) is 17.6 Å². The van der Waals surface area contributed by atoms with E-state index in [0.29, 0.717) is 18.5 Å². The molecule has 1 N–H and O–H groups in total. The second-order valence-electron chi connectivity index (χ2n) is 8.52. The molecule has 4 rings (SSSR count). The summed E-state index contributed by atoms with van der Waals surface area (Å²) in [5.41, 5.74) is 3.43. The van der Waals surface area contributed by atoms with Crippen molar-refractivity contribution in [2.75, 3.05) is 18.4 Å². The van der Waals surface area contributed by atoms with Crippen molar-refractivity contribution in [3.05, 3.63) is 77.7 Å². The van der Waals surface area contributed by atoms with Crippen LogP contribution in [0.5, 0.6) is 0 Å². The average Bonchev–Trinajstić information content (AvgIpc) is 3.22. The molecule has 31 heavy (non-hydrogen) atoms. The maximum atomic E-state index is 12.5. The zero-order valence-corrected chi connectivity index (χ0v) is 18.4. The molecule has 0 radical (unpaired) electrons. The number of piperidine rings is 1. The lowest BCUT2D eigenvalue weighted by molar-refractivity contribution is -0.115. The smallest absolute Gasteiger partial charge is 0.229 e. The summed E-state index contributed by atoms with van der Waals surface area (Å²) in [7, 11) is 0. The van der Waals surface area contributed by atoms with Crippen molar-refractivity contribution in [2.24, 2.45) is 0 Å². The molecule has 3 heterocycles. The Kier molecular flexibility index (Phi) is 6.77. The van der Waals surface area contributed by atoms with E-state index >= 15 is 0 Å². The van der Waals surface area contributed by atoms with Gasteiger partial charge in [-0.25, -0.2) is 4.68 Å². The number of hydrogen-bond acceptors (Lipinski definition) is 4. The summed E-state index contributed by atoms with van der Waals surface area (Å²) in [5.74, 6) is 0.779. The number of anilines is 1. The van der Waals surface area contributed by atoms with E-state index in [0.717, 1.165) is 49.4 Å². The molecular formula is C25H31N5O. The Labute approximate surface area is 184 Å². The molecule has 2 aromatic heterocycles. The molecule has 0 aliphatic carbocycles. The highest BCUT2D eigenvalue weighted by Crippen LogP contribution is 2.27. The molecule has 0 unspecified atom stereocenters. The highest BCUT2D eigenvalue weighted by atomic mass is 16.1. The van der Waals surface area contributed by atoms with Crippen LogP contribution >= 0.6 is 0 Å². The van der Waals surface area contributed by atoms with Gasteiger partial charge in [0.25, 0.3) is 0 Å². The summed E-state index contributed by atoms with van der Waals surface area (Å²) in [6.07, 6.45) is 7.05. The number of nitrogens with one attached hydrogen (secondary N) is 1. The molecule has 1 saturated heterocycles. The molecule has 0 bridgehead atoms. The third-order valence-corrected chi connectivity index (χ3v) is 6.09. The fourth-order valence-electron chi connectivity index (χ4n) is 4.39. The maximum absolute atomic E-state index is 12.5. The van der Waals surface area contributed by atoms with Crippen LogP contribution in [-0.4, -0.2) is 44.7 Å². The maximum Gasteiger partial charge on any atom is 0.229 e. The van der Waals surface area contributed by atoms with Gasteiger partial charge in [-0.05, 0) is 49.9 Å². The van der Waals surface area contributed by atoms with Gasteiger partial charge in [-0.3, -0.25) is 9.78 Å². The van der Waals surface area contributed by atoms with Gasteiger partial charge < -0.3 is 10.2 Å². The number of carbonyl (C=O) groups excluding carboxylic acids is 1. The van der Waals surface area contributed by atoms with Crippen LogP contribution in [0.25, 0.3) is 0 Å². The minimum Gasteiger partial charge on any atom is -0.311 e. The first-order valence-electron chi connectivity index (χ1n) is 11.1. The van der Waals surface area contributed by atoms with Gasteiger partial charge in [0.05, 0.1) is 18.7 Å². The minimum absolute atomic E-state index is 0.00957. The zero-order valence-electron chi connectivity index (χ0n) is 18.4. The topological polar surface area (TPSA) is 63.1 Å². The first-order chi connectivity index (χ1) is 15.1. The lowest BCUT2D eigenvalue weighted by Gasteiger charge is -2.36. The second-order valence-corrected chi connectivity index (χ2v) is 8.52. The Hall–Kier alpha value is -2.99. The van der Waals surface area contributed by atoms with E-state index in [4.69, 9.17) is 0 Å². The molecule has 3 aromatic rings. The van der Waals surface area contributed by atoms with Crippen LogP contribution in [0.1, 0.15) is 42.6 Å².